The normalized spacial score (nSPS) is 11.5. The molecule has 0 aliphatic carbocycles. The number of carbonyl (C=O) groups is 1. The van der Waals surface area contributed by atoms with Gasteiger partial charge in [-0.2, -0.15) is 5.10 Å². The molecule has 2 aromatic heterocycles. The third kappa shape index (κ3) is 4.12. The molecule has 136 valence electrons. The van der Waals surface area contributed by atoms with Crippen LogP contribution in [0.25, 0.3) is 11.0 Å². The highest BCUT2D eigenvalue weighted by atomic mass is 35.5. The summed E-state index contributed by atoms with van der Waals surface area (Å²) < 4.78 is 26.2. The molecule has 0 atom stereocenters. The van der Waals surface area contributed by atoms with Gasteiger partial charge < -0.3 is 5.32 Å². The second-order valence-corrected chi connectivity index (χ2v) is 7.85. The Kier molecular flexibility index (Phi) is 5.10. The smallest absolute Gasteiger partial charge is 0.257 e. The van der Waals surface area contributed by atoms with Crippen molar-refractivity contribution in [3.05, 3.63) is 47.2 Å². The first-order chi connectivity index (χ1) is 12.4. The fraction of sp³-hybridized carbons (Fsp3) is 0.188. The van der Waals surface area contributed by atoms with Gasteiger partial charge in [0, 0.05) is 11.1 Å². The number of aromatic amines is 1. The molecule has 26 heavy (non-hydrogen) atoms. The average molecular weight is 394 g/mol. The molecule has 10 heteroatoms. The number of hydrogen-bond donors (Lipinski definition) is 3. The maximum Gasteiger partial charge on any atom is 0.257 e. The van der Waals surface area contributed by atoms with Gasteiger partial charge in [-0.1, -0.05) is 18.5 Å². The van der Waals surface area contributed by atoms with Crippen LogP contribution in [0.1, 0.15) is 23.7 Å². The summed E-state index contributed by atoms with van der Waals surface area (Å²) in [4.78, 5) is 16.7. The quantitative estimate of drug-likeness (QED) is 0.595. The number of hydrogen-bond acceptors (Lipinski definition) is 5. The highest BCUT2D eigenvalue weighted by Crippen LogP contribution is 2.23. The topological polar surface area (TPSA) is 117 Å². The van der Waals surface area contributed by atoms with Crippen LogP contribution in [0.5, 0.6) is 0 Å². The molecule has 0 unspecified atom stereocenters. The van der Waals surface area contributed by atoms with Gasteiger partial charge in [-0.15, -0.1) is 0 Å². The molecular formula is C16H16ClN5O3S. The van der Waals surface area contributed by atoms with Gasteiger partial charge in [0.25, 0.3) is 5.91 Å². The summed E-state index contributed by atoms with van der Waals surface area (Å²) in [7, 11) is -3.46. The standard InChI is InChI=1S/C16H16ClN5O3S/c1-2-5-26(24,25)22-11-3-4-14(17)13(7-11)16(23)20-12-6-10-8-19-21-15(10)18-9-12/h3-4,6-9,22H,2,5H2,1H3,(H,20,23)(H,18,19,21). The Balaban J connectivity index is 1.83. The lowest BCUT2D eigenvalue weighted by atomic mass is 10.2. The lowest BCUT2D eigenvalue weighted by Gasteiger charge is -2.11. The van der Waals surface area contributed by atoms with E-state index in [0.717, 1.165) is 5.39 Å². The van der Waals surface area contributed by atoms with E-state index < -0.39 is 15.9 Å². The van der Waals surface area contributed by atoms with Crippen LogP contribution in [0.15, 0.2) is 36.7 Å². The second-order valence-electron chi connectivity index (χ2n) is 5.60. The van der Waals surface area contributed by atoms with Crippen molar-refractivity contribution in [3.8, 4) is 0 Å². The molecule has 0 aliphatic rings. The summed E-state index contributed by atoms with van der Waals surface area (Å²) in [6.07, 6.45) is 3.56. The number of nitrogens with zero attached hydrogens (tertiary/aromatic N) is 2. The molecule has 3 aromatic rings. The van der Waals surface area contributed by atoms with E-state index in [-0.39, 0.29) is 22.0 Å². The van der Waals surface area contributed by atoms with Crippen LogP contribution in [-0.4, -0.2) is 35.3 Å². The monoisotopic (exact) mass is 393 g/mol. The fourth-order valence-electron chi connectivity index (χ4n) is 2.37. The summed E-state index contributed by atoms with van der Waals surface area (Å²) >= 11 is 6.10. The van der Waals surface area contributed by atoms with Gasteiger partial charge in [0.15, 0.2) is 5.65 Å². The van der Waals surface area contributed by atoms with Crippen LogP contribution in [0, 0.1) is 0 Å². The Hall–Kier alpha value is -2.65. The Bertz CT molecular complexity index is 1060. The maximum atomic E-state index is 12.5. The lowest BCUT2D eigenvalue weighted by molar-refractivity contribution is 0.102. The largest absolute Gasteiger partial charge is 0.321 e. The molecular weight excluding hydrogens is 378 g/mol. The van der Waals surface area contributed by atoms with Crippen molar-refractivity contribution < 1.29 is 13.2 Å². The number of amides is 1. The number of anilines is 2. The number of aromatic nitrogens is 3. The number of halogens is 1. The number of nitrogens with one attached hydrogen (secondary N) is 3. The number of H-pyrrole nitrogens is 1. The van der Waals surface area contributed by atoms with Gasteiger partial charge in [0.2, 0.25) is 10.0 Å². The number of pyridine rings is 1. The Labute approximate surface area is 155 Å². The summed E-state index contributed by atoms with van der Waals surface area (Å²) in [5.41, 5.74) is 1.50. The fourth-order valence-corrected chi connectivity index (χ4v) is 3.69. The number of fused-ring (bicyclic) bond motifs is 1. The van der Waals surface area contributed by atoms with Crippen molar-refractivity contribution in [2.45, 2.75) is 13.3 Å². The Morgan fingerprint density at radius 2 is 2.04 bits per heavy atom. The van der Waals surface area contributed by atoms with Crippen LogP contribution < -0.4 is 10.0 Å². The van der Waals surface area contributed by atoms with Gasteiger partial charge in [-0.25, -0.2) is 13.4 Å². The van der Waals surface area contributed by atoms with Crippen molar-refractivity contribution in [3.63, 3.8) is 0 Å². The van der Waals surface area contributed by atoms with Crippen molar-refractivity contribution in [2.75, 3.05) is 15.8 Å². The third-order valence-corrected chi connectivity index (χ3v) is 5.33. The zero-order valence-electron chi connectivity index (χ0n) is 13.8. The van der Waals surface area contributed by atoms with Crippen molar-refractivity contribution in [2.24, 2.45) is 0 Å². The molecule has 0 aliphatic heterocycles. The van der Waals surface area contributed by atoms with E-state index in [4.69, 9.17) is 11.6 Å². The molecule has 0 spiro atoms. The number of carbonyl (C=O) groups excluding carboxylic acids is 1. The van der Waals surface area contributed by atoms with Crippen molar-refractivity contribution in [1.82, 2.24) is 15.2 Å². The first-order valence-corrected chi connectivity index (χ1v) is 9.81. The van der Waals surface area contributed by atoms with Crippen LogP contribution >= 0.6 is 11.6 Å². The second kappa shape index (κ2) is 7.30. The molecule has 8 nitrogen and oxygen atoms in total. The zero-order valence-corrected chi connectivity index (χ0v) is 15.4. The van der Waals surface area contributed by atoms with E-state index >= 15 is 0 Å². The molecule has 0 radical (unpaired) electrons. The van der Waals surface area contributed by atoms with Crippen LogP contribution in [0.3, 0.4) is 0 Å². The van der Waals surface area contributed by atoms with Gasteiger partial charge in [0.1, 0.15) is 0 Å². The van der Waals surface area contributed by atoms with Gasteiger partial charge in [-0.05, 0) is 30.7 Å². The van der Waals surface area contributed by atoms with E-state index in [0.29, 0.717) is 17.8 Å². The zero-order chi connectivity index (χ0) is 18.7. The van der Waals surface area contributed by atoms with E-state index in [2.05, 4.69) is 25.2 Å². The van der Waals surface area contributed by atoms with Crippen molar-refractivity contribution in [1.29, 1.82) is 0 Å². The average Bonchev–Trinajstić information content (AvgIpc) is 3.04. The Morgan fingerprint density at radius 1 is 1.23 bits per heavy atom. The summed E-state index contributed by atoms with van der Waals surface area (Å²) in [5, 5.41) is 10.2. The summed E-state index contributed by atoms with van der Waals surface area (Å²) in [6, 6.07) is 6.09. The van der Waals surface area contributed by atoms with Gasteiger partial charge >= 0.3 is 0 Å². The number of rotatable bonds is 6. The lowest BCUT2D eigenvalue weighted by Crippen LogP contribution is -2.17. The predicted octanol–water partition coefficient (Wildman–Crippen LogP) is 3.02. The highest BCUT2D eigenvalue weighted by molar-refractivity contribution is 7.92. The van der Waals surface area contributed by atoms with E-state index in [1.807, 2.05) is 0 Å². The Morgan fingerprint density at radius 3 is 2.81 bits per heavy atom. The van der Waals surface area contributed by atoms with Crippen LogP contribution in [-0.2, 0) is 10.0 Å². The molecule has 2 heterocycles. The van der Waals surface area contributed by atoms with Gasteiger partial charge in [-0.3, -0.25) is 14.6 Å². The number of benzene rings is 1. The minimum atomic E-state index is -3.46. The molecule has 0 saturated heterocycles. The van der Waals surface area contributed by atoms with E-state index in [1.54, 1.807) is 19.2 Å². The summed E-state index contributed by atoms with van der Waals surface area (Å²) in [5.74, 6) is -0.482. The molecule has 3 rings (SSSR count). The minimum Gasteiger partial charge on any atom is -0.321 e. The first-order valence-electron chi connectivity index (χ1n) is 7.78. The molecule has 1 amide bonds. The molecule has 1 aromatic carbocycles. The number of sulfonamides is 1. The van der Waals surface area contributed by atoms with Crippen LogP contribution in [0.2, 0.25) is 5.02 Å². The molecule has 3 N–H and O–H groups in total. The van der Waals surface area contributed by atoms with E-state index in [1.165, 1.54) is 24.4 Å². The molecule has 0 fully saturated rings. The van der Waals surface area contributed by atoms with E-state index in [9.17, 15) is 13.2 Å². The SMILES string of the molecule is CCCS(=O)(=O)Nc1ccc(Cl)c(C(=O)Nc2cnc3[nH]ncc3c2)c1. The third-order valence-electron chi connectivity index (χ3n) is 3.51. The molecule has 0 bridgehead atoms. The van der Waals surface area contributed by atoms with Gasteiger partial charge in [0.05, 0.1) is 34.4 Å². The maximum absolute atomic E-state index is 12.5. The molecule has 0 saturated carbocycles. The summed E-state index contributed by atoms with van der Waals surface area (Å²) in [6.45, 7) is 1.77. The predicted molar refractivity (Wildman–Crippen MR) is 101 cm³/mol. The first kappa shape index (κ1) is 18.2. The van der Waals surface area contributed by atoms with Crippen molar-refractivity contribution >= 4 is 49.9 Å². The van der Waals surface area contributed by atoms with Crippen LogP contribution in [0.4, 0.5) is 11.4 Å². The minimum absolute atomic E-state index is 0.00641. The highest BCUT2D eigenvalue weighted by Gasteiger charge is 2.15.